The molecular formula is C18H30O2Zr. The Morgan fingerprint density at radius 2 is 1.14 bits per heavy atom. The first-order valence-electron chi connectivity index (χ1n) is 7.28. The van der Waals surface area contributed by atoms with Crippen molar-refractivity contribution >= 4 is 0 Å². The van der Waals surface area contributed by atoms with Gasteiger partial charge in [0.2, 0.25) is 0 Å². The Bertz CT molecular complexity index is 283. The zero-order chi connectivity index (χ0) is 15.6. The van der Waals surface area contributed by atoms with Crippen molar-refractivity contribution < 1.29 is 36.4 Å². The monoisotopic (exact) mass is 368 g/mol. The van der Waals surface area contributed by atoms with Gasteiger partial charge in [-0.25, -0.2) is 23.3 Å². The summed E-state index contributed by atoms with van der Waals surface area (Å²) >= 11 is 0. The van der Waals surface area contributed by atoms with Crippen molar-refractivity contribution in [3.63, 3.8) is 0 Å². The molecule has 118 valence electrons. The summed E-state index contributed by atoms with van der Waals surface area (Å²) in [5, 5.41) is 14.0. The van der Waals surface area contributed by atoms with E-state index in [-0.39, 0.29) is 26.2 Å². The number of rotatable bonds is 4. The smallest absolute Gasteiger partial charge is 0.400 e. The molecule has 0 bridgehead atoms. The van der Waals surface area contributed by atoms with Crippen molar-refractivity contribution in [2.45, 2.75) is 52.4 Å². The van der Waals surface area contributed by atoms with E-state index in [0.29, 0.717) is 0 Å². The first-order valence-corrected chi connectivity index (χ1v) is 7.28. The summed E-state index contributed by atoms with van der Waals surface area (Å²) in [5.74, 6) is 0. The van der Waals surface area contributed by atoms with Crippen molar-refractivity contribution in [2.24, 2.45) is 0 Å². The Labute approximate surface area is 150 Å². The molecule has 0 heterocycles. The molecule has 3 heteroatoms. The van der Waals surface area contributed by atoms with Crippen molar-refractivity contribution in [1.82, 2.24) is 0 Å². The molecule has 0 radical (unpaired) electrons. The maximum atomic E-state index is 7.00. The first-order chi connectivity index (χ1) is 9.86. The summed E-state index contributed by atoms with van der Waals surface area (Å²) in [6.45, 7) is 4.39. The van der Waals surface area contributed by atoms with Gasteiger partial charge < -0.3 is 10.2 Å². The van der Waals surface area contributed by atoms with Gasteiger partial charge in [0, 0.05) is 14.2 Å². The van der Waals surface area contributed by atoms with E-state index in [9.17, 15) is 0 Å². The fraction of sp³-hybridized carbons (Fsp3) is 0.556. The molecule has 0 saturated heterocycles. The van der Waals surface area contributed by atoms with Gasteiger partial charge in [0.15, 0.2) is 0 Å². The molecule has 0 aromatic rings. The largest absolute Gasteiger partial charge is 2.00 e. The molecule has 0 atom stereocenters. The summed E-state index contributed by atoms with van der Waals surface area (Å²) in [6, 6.07) is 0. The molecule has 0 aromatic carbocycles. The van der Waals surface area contributed by atoms with Gasteiger partial charge in [-0.3, -0.25) is 12.2 Å². The molecule has 0 unspecified atom stereocenters. The summed E-state index contributed by atoms with van der Waals surface area (Å²) in [7, 11) is 2.00. The predicted octanol–water partition coefficient (Wildman–Crippen LogP) is 4.17. The fourth-order valence-electron chi connectivity index (χ4n) is 1.78. The average molecular weight is 370 g/mol. The van der Waals surface area contributed by atoms with Gasteiger partial charge in [-0.1, -0.05) is 39.5 Å². The second-order valence-electron chi connectivity index (χ2n) is 4.12. The normalized spacial score (nSPS) is 13.4. The van der Waals surface area contributed by atoms with Crippen molar-refractivity contribution in [1.29, 1.82) is 0 Å². The van der Waals surface area contributed by atoms with Crippen LogP contribution in [0.4, 0.5) is 0 Å². The summed E-state index contributed by atoms with van der Waals surface area (Å²) in [5.41, 5.74) is 2.79. The number of hydrogen-bond donors (Lipinski definition) is 2. The SMILES string of the molecule is CCCC1=[C-]CC=C1.CCCC1=[C-]CC=C1.CO.CO.[Zr+2]. The standard InChI is InChI=1S/2C8H11.2CH4O.Zr/c2*1-2-5-8-6-3-4-7-8;2*1-2;/h2*3,6H,2,4-5H2,1H3;2*2H,1H3;/q2*-1;;;+2. The second kappa shape index (κ2) is 22.1. The van der Waals surface area contributed by atoms with Crippen LogP contribution in [0.2, 0.25) is 0 Å². The van der Waals surface area contributed by atoms with E-state index in [1.54, 1.807) is 0 Å². The van der Waals surface area contributed by atoms with Gasteiger partial charge in [-0.2, -0.15) is 12.2 Å². The topological polar surface area (TPSA) is 40.5 Å². The molecule has 0 aliphatic heterocycles. The Morgan fingerprint density at radius 3 is 1.33 bits per heavy atom. The molecule has 0 amide bonds. The quantitative estimate of drug-likeness (QED) is 0.730. The van der Waals surface area contributed by atoms with Crippen LogP contribution in [0.15, 0.2) is 35.5 Å². The van der Waals surface area contributed by atoms with Gasteiger partial charge in [-0.15, -0.1) is 12.8 Å². The molecular weight excluding hydrogens is 339 g/mol. The van der Waals surface area contributed by atoms with Crippen LogP contribution in [0.25, 0.3) is 0 Å². The van der Waals surface area contributed by atoms with Gasteiger partial charge >= 0.3 is 26.2 Å². The van der Waals surface area contributed by atoms with Gasteiger partial charge in [0.05, 0.1) is 0 Å². The Balaban J connectivity index is -0.000000240. The zero-order valence-electron chi connectivity index (χ0n) is 13.9. The van der Waals surface area contributed by atoms with Gasteiger partial charge in [0.1, 0.15) is 0 Å². The van der Waals surface area contributed by atoms with Crippen molar-refractivity contribution in [2.75, 3.05) is 14.2 Å². The molecule has 2 aliphatic carbocycles. The molecule has 2 rings (SSSR count). The molecule has 2 aliphatic rings. The zero-order valence-corrected chi connectivity index (χ0v) is 16.4. The van der Waals surface area contributed by atoms with Crippen LogP contribution in [0.1, 0.15) is 52.4 Å². The molecule has 0 saturated carbocycles. The van der Waals surface area contributed by atoms with Gasteiger partial charge in [-0.05, 0) is 0 Å². The van der Waals surface area contributed by atoms with E-state index in [0.717, 1.165) is 27.1 Å². The van der Waals surface area contributed by atoms with Crippen LogP contribution in [-0.2, 0) is 26.2 Å². The Hall–Kier alpha value is -0.237. The van der Waals surface area contributed by atoms with Crippen molar-refractivity contribution in [3.05, 3.63) is 47.6 Å². The molecule has 0 spiro atoms. The third-order valence-corrected chi connectivity index (χ3v) is 2.57. The fourth-order valence-corrected chi connectivity index (χ4v) is 1.78. The van der Waals surface area contributed by atoms with E-state index in [4.69, 9.17) is 10.2 Å². The van der Waals surface area contributed by atoms with Crippen LogP contribution in [0.3, 0.4) is 0 Å². The first kappa shape index (κ1) is 25.7. The van der Waals surface area contributed by atoms with Crippen LogP contribution < -0.4 is 0 Å². The Morgan fingerprint density at radius 1 is 0.810 bits per heavy atom. The van der Waals surface area contributed by atoms with Crippen LogP contribution >= 0.6 is 0 Å². The van der Waals surface area contributed by atoms with Crippen LogP contribution in [0.5, 0.6) is 0 Å². The van der Waals surface area contributed by atoms with E-state index in [1.807, 2.05) is 0 Å². The minimum Gasteiger partial charge on any atom is -0.400 e. The second-order valence-corrected chi connectivity index (χ2v) is 4.12. The average Bonchev–Trinajstić information content (AvgIpc) is 3.19. The molecule has 0 aromatic heterocycles. The van der Waals surface area contributed by atoms with E-state index >= 15 is 0 Å². The molecule has 2 N–H and O–H groups in total. The van der Waals surface area contributed by atoms with Crippen LogP contribution in [0, 0.1) is 12.2 Å². The summed E-state index contributed by atoms with van der Waals surface area (Å²) in [4.78, 5) is 0. The minimum absolute atomic E-state index is 0. The third-order valence-electron chi connectivity index (χ3n) is 2.57. The Kier molecular flexibility index (Phi) is 27.0. The van der Waals surface area contributed by atoms with Gasteiger partial charge in [0.25, 0.3) is 0 Å². The minimum atomic E-state index is 0. The van der Waals surface area contributed by atoms with Crippen LogP contribution in [-0.4, -0.2) is 24.4 Å². The number of aliphatic hydroxyl groups excluding tert-OH is 2. The summed E-state index contributed by atoms with van der Waals surface area (Å²) < 4.78 is 0. The third kappa shape index (κ3) is 16.0. The molecule has 21 heavy (non-hydrogen) atoms. The molecule has 0 fully saturated rings. The van der Waals surface area contributed by atoms with Crippen molar-refractivity contribution in [3.8, 4) is 0 Å². The van der Waals surface area contributed by atoms with E-state index in [2.05, 4.69) is 50.3 Å². The van der Waals surface area contributed by atoms with E-state index in [1.165, 1.54) is 36.8 Å². The summed E-state index contributed by atoms with van der Waals surface area (Å²) in [6.07, 6.45) is 22.2. The number of aliphatic hydroxyl groups is 2. The predicted molar refractivity (Wildman–Crippen MR) is 87.1 cm³/mol. The molecule has 2 nitrogen and oxygen atoms in total. The van der Waals surface area contributed by atoms with E-state index < -0.39 is 0 Å². The number of hydrogen-bond acceptors (Lipinski definition) is 2. The maximum Gasteiger partial charge on any atom is 2.00 e. The number of allylic oxidation sites excluding steroid dienone is 8. The maximum absolute atomic E-state index is 7.00.